The van der Waals surface area contributed by atoms with E-state index in [2.05, 4.69) is 4.98 Å². The van der Waals surface area contributed by atoms with Crippen LogP contribution in [0.2, 0.25) is 0 Å². The Morgan fingerprint density at radius 3 is 2.96 bits per heavy atom. The van der Waals surface area contributed by atoms with Crippen molar-refractivity contribution >= 4 is 22.9 Å². The number of hydrogen-bond donors (Lipinski definition) is 1. The number of carbonyl (C=O) groups is 2. The Morgan fingerprint density at radius 2 is 2.20 bits per heavy atom. The highest BCUT2D eigenvalue weighted by molar-refractivity contribution is 5.84. The number of amides is 2. The summed E-state index contributed by atoms with van der Waals surface area (Å²) in [6.07, 6.45) is 1.33. The smallest absolute Gasteiger partial charge is 0.225 e. The Morgan fingerprint density at radius 1 is 1.36 bits per heavy atom. The van der Waals surface area contributed by atoms with Gasteiger partial charge in [-0.2, -0.15) is 0 Å². The molecule has 2 aromatic rings. The minimum Gasteiger partial charge on any atom is -0.441 e. The van der Waals surface area contributed by atoms with Crippen molar-refractivity contribution < 1.29 is 18.7 Å². The van der Waals surface area contributed by atoms with Crippen molar-refractivity contribution in [3.05, 3.63) is 30.2 Å². The zero-order chi connectivity index (χ0) is 17.4. The molecule has 2 saturated heterocycles. The van der Waals surface area contributed by atoms with E-state index in [0.29, 0.717) is 51.5 Å². The predicted molar refractivity (Wildman–Crippen MR) is 89.5 cm³/mol. The highest BCUT2D eigenvalue weighted by Gasteiger charge is 2.53. The number of primary amides is 1. The summed E-state index contributed by atoms with van der Waals surface area (Å²) in [5, 5.41) is 0. The van der Waals surface area contributed by atoms with Crippen molar-refractivity contribution in [2.45, 2.75) is 19.3 Å². The second-order valence-electron chi connectivity index (χ2n) is 6.89. The van der Waals surface area contributed by atoms with E-state index >= 15 is 0 Å². The Hall–Kier alpha value is -2.41. The van der Waals surface area contributed by atoms with Crippen molar-refractivity contribution in [1.82, 2.24) is 9.88 Å². The Kier molecular flexibility index (Phi) is 3.95. The standard InChI is InChI=1S/C18H21N3O4/c19-17(23)18-7-8-24-10-12(18)9-21(11-18)16(22)6-5-15-20-13-3-1-2-4-14(13)25-15/h1-4,12H,5-11H2,(H2,19,23)/t12-,18+/m1/s1. The molecule has 2 aliphatic heterocycles. The van der Waals surface area contributed by atoms with Gasteiger partial charge in [0.25, 0.3) is 0 Å². The number of aryl methyl sites for hydroxylation is 1. The number of carbonyl (C=O) groups excluding carboxylic acids is 2. The van der Waals surface area contributed by atoms with E-state index in [4.69, 9.17) is 14.9 Å². The number of para-hydroxylation sites is 2. The van der Waals surface area contributed by atoms with Crippen molar-refractivity contribution in [2.24, 2.45) is 17.1 Å². The summed E-state index contributed by atoms with van der Waals surface area (Å²) in [5.74, 6) is 0.221. The summed E-state index contributed by atoms with van der Waals surface area (Å²) in [7, 11) is 0. The fourth-order valence-electron chi connectivity index (χ4n) is 3.94. The number of fused-ring (bicyclic) bond motifs is 2. The molecule has 0 radical (unpaired) electrons. The lowest BCUT2D eigenvalue weighted by Crippen LogP contribution is -2.48. The van der Waals surface area contributed by atoms with Crippen LogP contribution in [0.1, 0.15) is 18.7 Å². The number of oxazole rings is 1. The van der Waals surface area contributed by atoms with Crippen LogP contribution in [-0.2, 0) is 20.7 Å². The van der Waals surface area contributed by atoms with Crippen molar-refractivity contribution in [1.29, 1.82) is 0 Å². The molecule has 0 unspecified atom stereocenters. The van der Waals surface area contributed by atoms with Crippen molar-refractivity contribution in [3.63, 3.8) is 0 Å². The molecule has 7 nitrogen and oxygen atoms in total. The summed E-state index contributed by atoms with van der Waals surface area (Å²) in [6, 6.07) is 7.53. The molecule has 0 saturated carbocycles. The van der Waals surface area contributed by atoms with Crippen LogP contribution in [0.3, 0.4) is 0 Å². The molecule has 0 aliphatic carbocycles. The first-order chi connectivity index (χ1) is 12.1. The quantitative estimate of drug-likeness (QED) is 0.897. The van der Waals surface area contributed by atoms with Gasteiger partial charge in [0.15, 0.2) is 11.5 Å². The van der Waals surface area contributed by atoms with Crippen LogP contribution in [0.15, 0.2) is 28.7 Å². The average molecular weight is 343 g/mol. The Bertz CT molecular complexity index is 785. The van der Waals surface area contributed by atoms with Crippen LogP contribution >= 0.6 is 0 Å². The highest BCUT2D eigenvalue weighted by atomic mass is 16.5. The van der Waals surface area contributed by atoms with Gasteiger partial charge in [-0.3, -0.25) is 9.59 Å². The third kappa shape index (κ3) is 2.78. The van der Waals surface area contributed by atoms with Crippen LogP contribution in [0.4, 0.5) is 0 Å². The zero-order valence-electron chi connectivity index (χ0n) is 13.9. The maximum Gasteiger partial charge on any atom is 0.225 e. The van der Waals surface area contributed by atoms with Gasteiger partial charge in [0, 0.05) is 38.5 Å². The molecule has 0 spiro atoms. The van der Waals surface area contributed by atoms with E-state index < -0.39 is 5.41 Å². The van der Waals surface area contributed by atoms with Crippen LogP contribution in [0.25, 0.3) is 11.1 Å². The molecular formula is C18H21N3O4. The highest BCUT2D eigenvalue weighted by Crippen LogP contribution is 2.42. The minimum atomic E-state index is -0.633. The number of aromatic nitrogens is 1. The number of nitrogens with two attached hydrogens (primary N) is 1. The molecule has 1 aromatic heterocycles. The number of benzene rings is 1. The van der Waals surface area contributed by atoms with Crippen LogP contribution in [-0.4, -0.2) is 48.0 Å². The molecule has 2 fully saturated rings. The van der Waals surface area contributed by atoms with E-state index in [1.165, 1.54) is 0 Å². The largest absolute Gasteiger partial charge is 0.441 e. The fourth-order valence-corrected chi connectivity index (χ4v) is 3.94. The number of rotatable bonds is 4. The first-order valence-electron chi connectivity index (χ1n) is 8.58. The molecule has 7 heteroatoms. The average Bonchev–Trinajstić information content (AvgIpc) is 3.21. The lowest BCUT2D eigenvalue weighted by molar-refractivity contribution is -0.136. The Balaban J connectivity index is 1.42. The number of nitrogens with zero attached hydrogens (tertiary/aromatic N) is 2. The molecule has 2 amide bonds. The third-order valence-corrected chi connectivity index (χ3v) is 5.44. The second-order valence-corrected chi connectivity index (χ2v) is 6.89. The first-order valence-corrected chi connectivity index (χ1v) is 8.58. The molecule has 3 heterocycles. The fraction of sp³-hybridized carbons (Fsp3) is 0.500. The monoisotopic (exact) mass is 343 g/mol. The van der Waals surface area contributed by atoms with Crippen LogP contribution in [0, 0.1) is 11.3 Å². The Labute approximate surface area is 145 Å². The molecule has 4 rings (SSSR count). The van der Waals surface area contributed by atoms with Gasteiger partial charge < -0.3 is 19.8 Å². The van der Waals surface area contributed by atoms with Gasteiger partial charge in [0.05, 0.1) is 12.0 Å². The van der Waals surface area contributed by atoms with E-state index in [0.717, 1.165) is 11.1 Å². The van der Waals surface area contributed by atoms with Gasteiger partial charge in [0.2, 0.25) is 11.8 Å². The first kappa shape index (κ1) is 16.1. The van der Waals surface area contributed by atoms with E-state index in [1.807, 2.05) is 24.3 Å². The normalized spacial score (nSPS) is 25.9. The molecule has 2 N–H and O–H groups in total. The van der Waals surface area contributed by atoms with Crippen molar-refractivity contribution in [3.8, 4) is 0 Å². The molecule has 2 atom stereocenters. The lowest BCUT2D eigenvalue weighted by atomic mass is 9.74. The number of hydrogen-bond acceptors (Lipinski definition) is 5. The third-order valence-electron chi connectivity index (χ3n) is 5.44. The topological polar surface area (TPSA) is 98.7 Å². The molecule has 1 aromatic carbocycles. The summed E-state index contributed by atoms with van der Waals surface area (Å²) >= 11 is 0. The number of likely N-dealkylation sites (tertiary alicyclic amines) is 1. The molecule has 2 aliphatic rings. The SMILES string of the molecule is NC(=O)[C@]12CCOC[C@H]1CN(C(=O)CCc1nc3ccccc3o1)C2. The molecular weight excluding hydrogens is 322 g/mol. The lowest BCUT2D eigenvalue weighted by Gasteiger charge is -2.34. The molecule has 0 bridgehead atoms. The minimum absolute atomic E-state index is 0.00252. The predicted octanol–water partition coefficient (Wildman–Crippen LogP) is 1.11. The van der Waals surface area contributed by atoms with Gasteiger partial charge >= 0.3 is 0 Å². The van der Waals surface area contributed by atoms with Gasteiger partial charge in [-0.1, -0.05) is 12.1 Å². The maximum atomic E-state index is 12.6. The van der Waals surface area contributed by atoms with E-state index in [-0.39, 0.29) is 17.7 Å². The summed E-state index contributed by atoms with van der Waals surface area (Å²) < 4.78 is 11.1. The van der Waals surface area contributed by atoms with Gasteiger partial charge in [-0.05, 0) is 18.6 Å². The van der Waals surface area contributed by atoms with E-state index in [1.54, 1.807) is 4.90 Å². The molecule has 132 valence electrons. The van der Waals surface area contributed by atoms with Gasteiger partial charge in [-0.25, -0.2) is 4.98 Å². The maximum absolute atomic E-state index is 12.6. The van der Waals surface area contributed by atoms with E-state index in [9.17, 15) is 9.59 Å². The van der Waals surface area contributed by atoms with Gasteiger partial charge in [0.1, 0.15) is 5.52 Å². The van der Waals surface area contributed by atoms with Crippen LogP contribution < -0.4 is 5.73 Å². The van der Waals surface area contributed by atoms with Crippen LogP contribution in [0.5, 0.6) is 0 Å². The van der Waals surface area contributed by atoms with Crippen molar-refractivity contribution in [2.75, 3.05) is 26.3 Å². The second kappa shape index (κ2) is 6.15. The summed E-state index contributed by atoms with van der Waals surface area (Å²) in [6.45, 7) is 1.92. The molecule has 25 heavy (non-hydrogen) atoms. The zero-order valence-corrected chi connectivity index (χ0v) is 13.9. The summed E-state index contributed by atoms with van der Waals surface area (Å²) in [5.41, 5.74) is 6.54. The summed E-state index contributed by atoms with van der Waals surface area (Å²) in [4.78, 5) is 30.8. The van der Waals surface area contributed by atoms with Gasteiger partial charge in [-0.15, -0.1) is 0 Å². The number of ether oxygens (including phenoxy) is 1.